The standard InChI is InChI=1S/C15H21NO/c1-11-6-7-12(2)14(9-11)15(17)10-16-8-4-5-13(16)3/h6-7,9,13H,4-5,8,10H2,1-3H3. The molecule has 0 aliphatic carbocycles. The van der Waals surface area contributed by atoms with Crippen molar-refractivity contribution in [3.63, 3.8) is 0 Å². The van der Waals surface area contributed by atoms with Gasteiger partial charge in [-0.1, -0.05) is 17.7 Å². The molecular formula is C15H21NO. The van der Waals surface area contributed by atoms with E-state index in [4.69, 9.17) is 0 Å². The minimum Gasteiger partial charge on any atom is -0.293 e. The van der Waals surface area contributed by atoms with E-state index >= 15 is 0 Å². The van der Waals surface area contributed by atoms with E-state index < -0.39 is 0 Å². The summed E-state index contributed by atoms with van der Waals surface area (Å²) in [6.45, 7) is 7.90. The molecule has 1 unspecified atom stereocenters. The van der Waals surface area contributed by atoms with E-state index in [-0.39, 0.29) is 5.78 Å². The van der Waals surface area contributed by atoms with Crippen LogP contribution in [-0.4, -0.2) is 29.8 Å². The van der Waals surface area contributed by atoms with E-state index in [1.165, 1.54) is 12.8 Å². The highest BCUT2D eigenvalue weighted by Crippen LogP contribution is 2.18. The Kier molecular flexibility index (Phi) is 3.63. The Morgan fingerprint density at radius 3 is 2.82 bits per heavy atom. The Hall–Kier alpha value is -1.15. The van der Waals surface area contributed by atoms with Gasteiger partial charge in [0.05, 0.1) is 6.54 Å². The van der Waals surface area contributed by atoms with Crippen LogP contribution in [0.2, 0.25) is 0 Å². The van der Waals surface area contributed by atoms with Gasteiger partial charge in [-0.05, 0) is 51.8 Å². The zero-order valence-corrected chi connectivity index (χ0v) is 11.0. The van der Waals surface area contributed by atoms with Crippen molar-refractivity contribution in [2.24, 2.45) is 0 Å². The Labute approximate surface area is 104 Å². The summed E-state index contributed by atoms with van der Waals surface area (Å²) in [5.74, 6) is 0.264. The van der Waals surface area contributed by atoms with Crippen LogP contribution in [0.15, 0.2) is 18.2 Å². The van der Waals surface area contributed by atoms with Gasteiger partial charge in [-0.2, -0.15) is 0 Å². The SMILES string of the molecule is Cc1ccc(C)c(C(=O)CN2CCCC2C)c1. The molecule has 1 aliphatic heterocycles. The van der Waals surface area contributed by atoms with Crippen molar-refractivity contribution in [1.29, 1.82) is 0 Å². The lowest BCUT2D eigenvalue weighted by Gasteiger charge is -2.20. The molecule has 1 saturated heterocycles. The first-order valence-electron chi connectivity index (χ1n) is 6.42. The molecule has 1 atom stereocenters. The molecule has 92 valence electrons. The third-order valence-electron chi connectivity index (χ3n) is 3.73. The number of carbonyl (C=O) groups excluding carboxylic acids is 1. The molecule has 2 rings (SSSR count). The number of ketones is 1. The van der Waals surface area contributed by atoms with E-state index in [9.17, 15) is 4.79 Å². The molecule has 1 aliphatic rings. The van der Waals surface area contributed by atoms with Gasteiger partial charge in [0.2, 0.25) is 0 Å². The number of benzene rings is 1. The fourth-order valence-corrected chi connectivity index (χ4v) is 2.53. The summed E-state index contributed by atoms with van der Waals surface area (Å²) < 4.78 is 0. The summed E-state index contributed by atoms with van der Waals surface area (Å²) in [5.41, 5.74) is 3.14. The molecule has 0 amide bonds. The summed E-state index contributed by atoms with van der Waals surface area (Å²) in [4.78, 5) is 14.6. The van der Waals surface area contributed by atoms with Crippen LogP contribution in [0.1, 0.15) is 41.3 Å². The van der Waals surface area contributed by atoms with Gasteiger partial charge in [-0.15, -0.1) is 0 Å². The van der Waals surface area contributed by atoms with E-state index in [0.29, 0.717) is 12.6 Å². The second-order valence-electron chi connectivity index (χ2n) is 5.20. The maximum Gasteiger partial charge on any atom is 0.177 e. The van der Waals surface area contributed by atoms with Crippen LogP contribution in [0.25, 0.3) is 0 Å². The molecule has 2 heteroatoms. The number of hydrogen-bond donors (Lipinski definition) is 0. The molecule has 2 nitrogen and oxygen atoms in total. The van der Waals surface area contributed by atoms with Gasteiger partial charge in [0.15, 0.2) is 5.78 Å². The first-order valence-corrected chi connectivity index (χ1v) is 6.42. The van der Waals surface area contributed by atoms with Gasteiger partial charge in [0.1, 0.15) is 0 Å². The summed E-state index contributed by atoms with van der Waals surface area (Å²) in [7, 11) is 0. The minimum atomic E-state index is 0.264. The van der Waals surface area contributed by atoms with Crippen molar-refractivity contribution in [3.05, 3.63) is 34.9 Å². The lowest BCUT2D eigenvalue weighted by Crippen LogP contribution is -2.32. The minimum absolute atomic E-state index is 0.264. The molecule has 0 bridgehead atoms. The summed E-state index contributed by atoms with van der Waals surface area (Å²) in [6.07, 6.45) is 2.45. The van der Waals surface area contributed by atoms with Crippen molar-refractivity contribution in [2.75, 3.05) is 13.1 Å². The summed E-state index contributed by atoms with van der Waals surface area (Å²) >= 11 is 0. The number of aryl methyl sites for hydroxylation is 2. The monoisotopic (exact) mass is 231 g/mol. The van der Waals surface area contributed by atoms with Gasteiger partial charge in [0.25, 0.3) is 0 Å². The number of likely N-dealkylation sites (tertiary alicyclic amines) is 1. The third-order valence-corrected chi connectivity index (χ3v) is 3.73. The van der Waals surface area contributed by atoms with Crippen LogP contribution < -0.4 is 0 Å². The largest absolute Gasteiger partial charge is 0.293 e. The van der Waals surface area contributed by atoms with E-state index in [1.807, 2.05) is 26.0 Å². The van der Waals surface area contributed by atoms with Crippen molar-refractivity contribution in [2.45, 2.75) is 39.7 Å². The maximum absolute atomic E-state index is 12.3. The van der Waals surface area contributed by atoms with E-state index in [1.54, 1.807) is 0 Å². The fourth-order valence-electron chi connectivity index (χ4n) is 2.53. The van der Waals surface area contributed by atoms with Gasteiger partial charge in [-0.25, -0.2) is 0 Å². The second-order valence-corrected chi connectivity index (χ2v) is 5.20. The predicted molar refractivity (Wildman–Crippen MR) is 70.5 cm³/mol. The topological polar surface area (TPSA) is 20.3 Å². The molecule has 1 aromatic carbocycles. The smallest absolute Gasteiger partial charge is 0.177 e. The molecule has 0 spiro atoms. The highest BCUT2D eigenvalue weighted by atomic mass is 16.1. The van der Waals surface area contributed by atoms with Gasteiger partial charge in [0, 0.05) is 11.6 Å². The van der Waals surface area contributed by atoms with Crippen LogP contribution in [0, 0.1) is 13.8 Å². The molecular weight excluding hydrogens is 210 g/mol. The molecule has 0 radical (unpaired) electrons. The zero-order chi connectivity index (χ0) is 12.4. The predicted octanol–water partition coefficient (Wildman–Crippen LogP) is 2.97. The molecule has 1 aromatic rings. The summed E-state index contributed by atoms with van der Waals surface area (Å²) in [5, 5.41) is 0. The van der Waals surface area contributed by atoms with Gasteiger partial charge < -0.3 is 0 Å². The van der Waals surface area contributed by atoms with Crippen molar-refractivity contribution < 1.29 is 4.79 Å². The maximum atomic E-state index is 12.3. The number of Topliss-reactive ketones (excluding diaryl/α,β-unsaturated/α-hetero) is 1. The first kappa shape index (κ1) is 12.3. The second kappa shape index (κ2) is 5.01. The van der Waals surface area contributed by atoms with Crippen LogP contribution in [0.4, 0.5) is 0 Å². The van der Waals surface area contributed by atoms with Crippen molar-refractivity contribution in [3.8, 4) is 0 Å². The van der Waals surface area contributed by atoms with Crippen molar-refractivity contribution in [1.82, 2.24) is 4.90 Å². The molecule has 17 heavy (non-hydrogen) atoms. The highest BCUT2D eigenvalue weighted by molar-refractivity contribution is 5.99. The summed E-state index contributed by atoms with van der Waals surface area (Å²) in [6, 6.07) is 6.67. The quantitative estimate of drug-likeness (QED) is 0.745. The first-order chi connectivity index (χ1) is 8.08. The molecule has 0 aromatic heterocycles. The molecule has 0 saturated carbocycles. The molecule has 1 heterocycles. The third kappa shape index (κ3) is 2.75. The number of nitrogens with zero attached hydrogens (tertiary/aromatic N) is 1. The van der Waals surface area contributed by atoms with Crippen LogP contribution >= 0.6 is 0 Å². The molecule has 1 fully saturated rings. The van der Waals surface area contributed by atoms with Crippen LogP contribution in [0.3, 0.4) is 0 Å². The zero-order valence-electron chi connectivity index (χ0n) is 11.0. The van der Waals surface area contributed by atoms with Gasteiger partial charge >= 0.3 is 0 Å². The number of carbonyl (C=O) groups is 1. The Bertz CT molecular complexity index is 425. The average Bonchev–Trinajstić information content (AvgIpc) is 2.68. The Morgan fingerprint density at radius 2 is 2.18 bits per heavy atom. The van der Waals surface area contributed by atoms with Crippen LogP contribution in [0.5, 0.6) is 0 Å². The Morgan fingerprint density at radius 1 is 1.41 bits per heavy atom. The average molecular weight is 231 g/mol. The lowest BCUT2D eigenvalue weighted by atomic mass is 10.0. The normalized spacial score (nSPS) is 20.8. The number of hydrogen-bond acceptors (Lipinski definition) is 2. The Balaban J connectivity index is 2.11. The van der Waals surface area contributed by atoms with Crippen molar-refractivity contribution >= 4 is 5.78 Å². The fraction of sp³-hybridized carbons (Fsp3) is 0.533. The van der Waals surface area contributed by atoms with Crippen LogP contribution in [-0.2, 0) is 0 Å². The lowest BCUT2D eigenvalue weighted by molar-refractivity contribution is 0.0925. The molecule has 0 N–H and O–H groups in total. The highest BCUT2D eigenvalue weighted by Gasteiger charge is 2.23. The van der Waals surface area contributed by atoms with E-state index in [0.717, 1.165) is 23.2 Å². The number of rotatable bonds is 3. The van der Waals surface area contributed by atoms with Gasteiger partial charge in [-0.3, -0.25) is 9.69 Å². The van der Waals surface area contributed by atoms with E-state index in [2.05, 4.69) is 17.9 Å².